The lowest BCUT2D eigenvalue weighted by atomic mass is 10.2. The molecule has 1 unspecified atom stereocenters. The molecule has 2 heterocycles. The molecule has 4 heteroatoms. The van der Waals surface area contributed by atoms with Crippen molar-refractivity contribution in [2.24, 2.45) is 4.99 Å². The average molecular weight is 325 g/mol. The third kappa shape index (κ3) is 4.36. The first-order chi connectivity index (χ1) is 11.4. The number of piperazine rings is 1. The van der Waals surface area contributed by atoms with Crippen molar-refractivity contribution in [2.45, 2.75) is 17.1 Å². The highest BCUT2D eigenvalue weighted by Gasteiger charge is 2.16. The summed E-state index contributed by atoms with van der Waals surface area (Å²) in [4.78, 5) is 8.53. The number of hydrogen-bond acceptors (Lipinski definition) is 4. The fraction of sp³-hybridized carbons (Fsp3) is 0.316. The van der Waals surface area contributed by atoms with Gasteiger partial charge in [-0.1, -0.05) is 42.5 Å². The van der Waals surface area contributed by atoms with E-state index in [0.717, 1.165) is 37.7 Å². The summed E-state index contributed by atoms with van der Waals surface area (Å²) in [7, 11) is 0. The van der Waals surface area contributed by atoms with Crippen LogP contribution in [0.4, 0.5) is 5.69 Å². The minimum atomic E-state index is 0.320. The molecule has 120 valence electrons. The Hall–Kier alpha value is -1.78. The van der Waals surface area contributed by atoms with Crippen LogP contribution in [0.5, 0.6) is 0 Å². The van der Waals surface area contributed by atoms with Crippen LogP contribution in [0.3, 0.4) is 0 Å². The predicted molar refractivity (Wildman–Crippen MR) is 101 cm³/mol. The van der Waals surface area contributed by atoms with Crippen LogP contribution in [0.15, 0.2) is 70.6 Å². The van der Waals surface area contributed by atoms with E-state index >= 15 is 0 Å². The van der Waals surface area contributed by atoms with Gasteiger partial charge in [-0.15, -0.1) is 11.8 Å². The Balaban J connectivity index is 1.92. The number of para-hydroxylation sites is 1. The van der Waals surface area contributed by atoms with E-state index in [4.69, 9.17) is 4.99 Å². The molecule has 0 bridgehead atoms. The highest BCUT2D eigenvalue weighted by atomic mass is 32.2. The molecule has 1 atom stereocenters. The molecule has 0 spiro atoms. The van der Waals surface area contributed by atoms with E-state index in [9.17, 15) is 0 Å². The summed E-state index contributed by atoms with van der Waals surface area (Å²) in [6.07, 6.45) is 12.9. The normalized spacial score (nSPS) is 22.0. The molecule has 3 rings (SSSR count). The van der Waals surface area contributed by atoms with Crippen LogP contribution >= 0.6 is 11.8 Å². The summed E-state index contributed by atoms with van der Waals surface area (Å²) >= 11 is 1.84. The van der Waals surface area contributed by atoms with Crippen molar-refractivity contribution in [1.29, 1.82) is 0 Å². The van der Waals surface area contributed by atoms with Crippen molar-refractivity contribution < 1.29 is 0 Å². The molecule has 1 saturated heterocycles. The van der Waals surface area contributed by atoms with Crippen LogP contribution in [0.25, 0.3) is 0 Å². The number of allylic oxidation sites excluding steroid dienone is 3. The predicted octanol–water partition coefficient (Wildman–Crippen LogP) is 3.78. The molecule has 0 radical (unpaired) electrons. The Bertz CT molecular complexity index is 640. The molecule has 1 aromatic carbocycles. The molecule has 0 saturated carbocycles. The number of benzene rings is 1. The lowest BCUT2D eigenvalue weighted by molar-refractivity contribution is 0.359. The Morgan fingerprint density at radius 1 is 1.22 bits per heavy atom. The smallest absolute Gasteiger partial charge is 0.129 e. The van der Waals surface area contributed by atoms with Gasteiger partial charge in [-0.05, 0) is 25.1 Å². The fourth-order valence-electron chi connectivity index (χ4n) is 2.63. The zero-order valence-corrected chi connectivity index (χ0v) is 14.3. The first-order valence-corrected chi connectivity index (χ1v) is 9.02. The van der Waals surface area contributed by atoms with E-state index in [1.54, 1.807) is 0 Å². The first kappa shape index (κ1) is 16.1. The lowest BCUT2D eigenvalue weighted by Crippen LogP contribution is -2.46. The van der Waals surface area contributed by atoms with Crippen molar-refractivity contribution in [3.8, 4) is 0 Å². The monoisotopic (exact) mass is 325 g/mol. The third-order valence-electron chi connectivity index (χ3n) is 3.84. The van der Waals surface area contributed by atoms with Crippen LogP contribution < -0.4 is 5.32 Å². The van der Waals surface area contributed by atoms with Gasteiger partial charge in [0.25, 0.3) is 0 Å². The van der Waals surface area contributed by atoms with Crippen LogP contribution in [0.2, 0.25) is 0 Å². The van der Waals surface area contributed by atoms with Gasteiger partial charge in [-0.3, -0.25) is 0 Å². The molecule has 23 heavy (non-hydrogen) atoms. The van der Waals surface area contributed by atoms with Gasteiger partial charge in [0.1, 0.15) is 5.84 Å². The second kappa shape index (κ2) is 8.18. The van der Waals surface area contributed by atoms with Gasteiger partial charge < -0.3 is 10.2 Å². The summed E-state index contributed by atoms with van der Waals surface area (Å²) in [5.74, 6) is 1.07. The van der Waals surface area contributed by atoms with Gasteiger partial charge in [-0.2, -0.15) is 0 Å². The maximum absolute atomic E-state index is 4.92. The maximum atomic E-state index is 4.92. The van der Waals surface area contributed by atoms with Crippen LogP contribution in [-0.4, -0.2) is 42.2 Å². The van der Waals surface area contributed by atoms with E-state index in [-0.39, 0.29) is 0 Å². The van der Waals surface area contributed by atoms with Gasteiger partial charge in [0.2, 0.25) is 0 Å². The number of hydrogen-bond donors (Lipinski definition) is 1. The zero-order chi connectivity index (χ0) is 15.9. The number of amidine groups is 1. The molecule has 2 aliphatic heterocycles. The Labute approximate surface area is 142 Å². The molecule has 1 N–H and O–H groups in total. The van der Waals surface area contributed by atoms with Crippen LogP contribution in [0.1, 0.15) is 6.92 Å². The van der Waals surface area contributed by atoms with E-state index < -0.39 is 0 Å². The van der Waals surface area contributed by atoms with Crippen molar-refractivity contribution in [1.82, 2.24) is 10.2 Å². The Kier molecular flexibility index (Phi) is 5.72. The second-order valence-electron chi connectivity index (χ2n) is 5.53. The maximum Gasteiger partial charge on any atom is 0.129 e. The van der Waals surface area contributed by atoms with E-state index in [2.05, 4.69) is 70.9 Å². The first-order valence-electron chi connectivity index (χ1n) is 8.14. The number of rotatable bonds is 2. The summed E-state index contributed by atoms with van der Waals surface area (Å²) in [6.45, 7) is 6.10. The average Bonchev–Trinajstić information content (AvgIpc) is 2.58. The number of aliphatic imine (C=N–C) groups is 1. The number of thioether (sulfide) groups is 1. The van der Waals surface area contributed by atoms with Gasteiger partial charge in [-0.25, -0.2) is 4.99 Å². The minimum Gasteiger partial charge on any atom is -0.354 e. The summed E-state index contributed by atoms with van der Waals surface area (Å²) < 4.78 is 0. The molecule has 0 aromatic heterocycles. The van der Waals surface area contributed by atoms with Crippen molar-refractivity contribution in [3.63, 3.8) is 0 Å². The highest BCUT2D eigenvalue weighted by Crippen LogP contribution is 2.35. The quantitative estimate of drug-likeness (QED) is 0.839. The Morgan fingerprint density at radius 2 is 2.04 bits per heavy atom. The Morgan fingerprint density at radius 3 is 2.87 bits per heavy atom. The summed E-state index contributed by atoms with van der Waals surface area (Å²) in [5.41, 5.74) is 1.07. The lowest BCUT2D eigenvalue weighted by Gasteiger charge is -2.30. The van der Waals surface area contributed by atoms with Gasteiger partial charge in [0.05, 0.1) is 5.69 Å². The van der Waals surface area contributed by atoms with Gasteiger partial charge >= 0.3 is 0 Å². The SMILES string of the molecule is C/C=C\C=C/C1C=CC(N2CCNCC2)=Nc2ccccc2S1. The fourth-order valence-corrected chi connectivity index (χ4v) is 3.65. The second-order valence-corrected chi connectivity index (χ2v) is 6.75. The zero-order valence-electron chi connectivity index (χ0n) is 13.5. The minimum absolute atomic E-state index is 0.320. The number of fused-ring (bicyclic) bond motifs is 1. The number of nitrogens with one attached hydrogen (secondary N) is 1. The van der Waals surface area contributed by atoms with Crippen molar-refractivity contribution in [3.05, 3.63) is 60.7 Å². The van der Waals surface area contributed by atoms with E-state index in [1.807, 2.05) is 18.7 Å². The third-order valence-corrected chi connectivity index (χ3v) is 5.03. The van der Waals surface area contributed by atoms with E-state index in [1.165, 1.54) is 4.90 Å². The largest absolute Gasteiger partial charge is 0.354 e. The summed E-state index contributed by atoms with van der Waals surface area (Å²) in [6, 6.07) is 8.42. The molecule has 1 aromatic rings. The summed E-state index contributed by atoms with van der Waals surface area (Å²) in [5, 5.41) is 3.72. The topological polar surface area (TPSA) is 27.6 Å². The molecule has 2 aliphatic rings. The van der Waals surface area contributed by atoms with Gasteiger partial charge in [0.15, 0.2) is 0 Å². The molecular weight excluding hydrogens is 302 g/mol. The molecule has 0 aliphatic carbocycles. The van der Waals surface area contributed by atoms with Crippen molar-refractivity contribution in [2.75, 3.05) is 26.2 Å². The highest BCUT2D eigenvalue weighted by molar-refractivity contribution is 8.00. The number of nitrogens with zero attached hydrogens (tertiary/aromatic N) is 2. The molecule has 3 nitrogen and oxygen atoms in total. The van der Waals surface area contributed by atoms with E-state index in [0.29, 0.717) is 5.25 Å². The molecule has 1 fully saturated rings. The van der Waals surface area contributed by atoms with Crippen LogP contribution in [0, 0.1) is 0 Å². The molecular formula is C19H23N3S. The van der Waals surface area contributed by atoms with Crippen LogP contribution in [-0.2, 0) is 0 Å². The van der Waals surface area contributed by atoms with Gasteiger partial charge in [0, 0.05) is 36.3 Å². The molecule has 0 amide bonds. The standard InChI is InChI=1S/C19H23N3S/c1-2-3-4-7-16-10-11-19(22-14-12-20-13-15-22)21-17-8-5-6-9-18(17)23-16/h2-11,16,20H,12-15H2,1H3/b3-2-,7-4-,11-10?,21-19?. The van der Waals surface area contributed by atoms with Crippen molar-refractivity contribution >= 4 is 23.3 Å².